The maximum absolute atomic E-state index is 10.8. The van der Waals surface area contributed by atoms with Crippen molar-refractivity contribution in [2.75, 3.05) is 11.9 Å². The Labute approximate surface area is 161 Å². The Morgan fingerprint density at radius 2 is 2.00 bits per heavy atom. The zero-order chi connectivity index (χ0) is 19.0. The van der Waals surface area contributed by atoms with E-state index in [9.17, 15) is 5.11 Å². The number of hydrogen-bond donors (Lipinski definition) is 2. The fraction of sp³-hybridized carbons (Fsp3) is 0.250. The van der Waals surface area contributed by atoms with Gasteiger partial charge in [0.25, 0.3) is 0 Å². The Bertz CT molecular complexity index is 1080. The third-order valence-corrected chi connectivity index (χ3v) is 5.55. The molecule has 27 heavy (non-hydrogen) atoms. The van der Waals surface area contributed by atoms with Crippen LogP contribution in [0.3, 0.4) is 0 Å². The summed E-state index contributed by atoms with van der Waals surface area (Å²) in [4.78, 5) is 9.76. The highest BCUT2D eigenvalue weighted by Gasteiger charge is 2.25. The van der Waals surface area contributed by atoms with Gasteiger partial charge in [0.1, 0.15) is 22.6 Å². The van der Waals surface area contributed by atoms with Crippen LogP contribution < -0.4 is 5.32 Å². The van der Waals surface area contributed by atoms with Gasteiger partial charge in [0.2, 0.25) is 0 Å². The van der Waals surface area contributed by atoms with Gasteiger partial charge < -0.3 is 10.4 Å². The number of rotatable bonds is 5. The molecule has 4 rings (SSSR count). The van der Waals surface area contributed by atoms with Crippen LogP contribution in [0.1, 0.15) is 18.1 Å². The predicted octanol–water partition coefficient (Wildman–Crippen LogP) is 3.72. The van der Waals surface area contributed by atoms with Crippen LogP contribution in [-0.4, -0.2) is 31.4 Å². The molecule has 3 heterocycles. The number of nitrogens with zero attached hydrogens (tertiary/aromatic N) is 4. The summed E-state index contributed by atoms with van der Waals surface area (Å²) in [6, 6.07) is 8.42. The van der Waals surface area contributed by atoms with Gasteiger partial charge >= 0.3 is 0 Å². The molecule has 6 nitrogen and oxygen atoms in total. The van der Waals surface area contributed by atoms with Crippen molar-refractivity contribution < 1.29 is 5.11 Å². The van der Waals surface area contributed by atoms with Gasteiger partial charge in [-0.15, -0.1) is 11.3 Å². The molecule has 3 aromatic heterocycles. The average molecular weight is 379 g/mol. The lowest BCUT2D eigenvalue weighted by Gasteiger charge is -2.23. The first-order chi connectivity index (χ1) is 12.9. The second-order valence-electron chi connectivity index (χ2n) is 6.95. The van der Waals surface area contributed by atoms with Crippen molar-refractivity contribution in [1.29, 1.82) is 0 Å². The number of aryl methyl sites for hydroxylation is 2. The second-order valence-corrected chi connectivity index (χ2v) is 7.81. The molecule has 1 atom stereocenters. The fourth-order valence-electron chi connectivity index (χ4n) is 3.01. The van der Waals surface area contributed by atoms with Crippen molar-refractivity contribution in [1.82, 2.24) is 19.7 Å². The van der Waals surface area contributed by atoms with E-state index in [1.165, 1.54) is 5.56 Å². The van der Waals surface area contributed by atoms with E-state index >= 15 is 0 Å². The minimum atomic E-state index is -1.06. The summed E-state index contributed by atoms with van der Waals surface area (Å²) in [5.74, 6) is 0.723. The van der Waals surface area contributed by atoms with Crippen LogP contribution in [0.15, 0.2) is 48.4 Å². The third-order valence-electron chi connectivity index (χ3n) is 4.66. The van der Waals surface area contributed by atoms with Crippen molar-refractivity contribution >= 4 is 27.4 Å². The molecule has 7 heteroatoms. The normalized spacial score (nSPS) is 13.6. The van der Waals surface area contributed by atoms with E-state index in [4.69, 9.17) is 0 Å². The summed E-state index contributed by atoms with van der Waals surface area (Å²) >= 11 is 1.59. The highest BCUT2D eigenvalue weighted by atomic mass is 32.1. The Kier molecular flexibility index (Phi) is 4.41. The van der Waals surface area contributed by atoms with Crippen LogP contribution in [0.5, 0.6) is 0 Å². The van der Waals surface area contributed by atoms with E-state index in [1.807, 2.05) is 13.2 Å². The summed E-state index contributed by atoms with van der Waals surface area (Å²) in [6.07, 6.45) is 5.05. The molecule has 0 aliphatic rings. The molecule has 138 valence electrons. The number of fused-ring (bicyclic) bond motifs is 1. The molecule has 0 aliphatic heterocycles. The lowest BCUT2D eigenvalue weighted by atomic mass is 9.99. The highest BCUT2D eigenvalue weighted by Crippen LogP contribution is 2.36. The predicted molar refractivity (Wildman–Crippen MR) is 109 cm³/mol. The molecule has 1 aromatic carbocycles. The van der Waals surface area contributed by atoms with Crippen LogP contribution >= 0.6 is 11.3 Å². The van der Waals surface area contributed by atoms with Crippen molar-refractivity contribution in [3.8, 4) is 11.1 Å². The van der Waals surface area contributed by atoms with Gasteiger partial charge in [-0.05, 0) is 19.4 Å². The van der Waals surface area contributed by atoms with Crippen molar-refractivity contribution in [3.63, 3.8) is 0 Å². The van der Waals surface area contributed by atoms with E-state index in [0.717, 1.165) is 32.7 Å². The monoisotopic (exact) mass is 379 g/mol. The molecule has 0 bridgehead atoms. The molecule has 0 amide bonds. The number of aliphatic hydroxyl groups is 1. The minimum Gasteiger partial charge on any atom is -0.383 e. The molecule has 0 aliphatic carbocycles. The number of hydrogen-bond acceptors (Lipinski definition) is 6. The first-order valence-corrected chi connectivity index (χ1v) is 9.56. The van der Waals surface area contributed by atoms with Crippen LogP contribution in [0.25, 0.3) is 21.3 Å². The van der Waals surface area contributed by atoms with Crippen LogP contribution in [0, 0.1) is 6.92 Å². The number of thiophene rings is 1. The molecule has 4 aromatic rings. The lowest BCUT2D eigenvalue weighted by molar-refractivity contribution is 0.0714. The van der Waals surface area contributed by atoms with Crippen molar-refractivity contribution in [2.45, 2.75) is 19.4 Å². The van der Waals surface area contributed by atoms with E-state index in [-0.39, 0.29) is 0 Å². The number of benzene rings is 1. The fourth-order valence-corrected chi connectivity index (χ4v) is 3.93. The molecule has 0 unspecified atom stereocenters. The topological polar surface area (TPSA) is 75.9 Å². The maximum Gasteiger partial charge on any atom is 0.138 e. The Morgan fingerprint density at radius 1 is 1.22 bits per heavy atom. The first kappa shape index (κ1) is 17.6. The summed E-state index contributed by atoms with van der Waals surface area (Å²) in [7, 11) is 1.83. The van der Waals surface area contributed by atoms with Crippen LogP contribution in [0.4, 0.5) is 5.82 Å². The zero-order valence-corrected chi connectivity index (χ0v) is 16.3. The molecule has 0 radical (unpaired) electrons. The third kappa shape index (κ3) is 3.43. The summed E-state index contributed by atoms with van der Waals surface area (Å²) < 4.78 is 1.68. The number of aromatic nitrogens is 4. The van der Waals surface area contributed by atoms with E-state index in [0.29, 0.717) is 6.54 Å². The Morgan fingerprint density at radius 3 is 2.70 bits per heavy atom. The molecular weight excluding hydrogens is 358 g/mol. The second kappa shape index (κ2) is 6.75. The van der Waals surface area contributed by atoms with Gasteiger partial charge in [0, 0.05) is 36.3 Å². The van der Waals surface area contributed by atoms with Gasteiger partial charge in [-0.3, -0.25) is 4.68 Å². The van der Waals surface area contributed by atoms with E-state index in [1.54, 1.807) is 35.5 Å². The maximum atomic E-state index is 10.8. The molecule has 0 spiro atoms. The Hall–Kier alpha value is -2.77. The number of nitrogens with one attached hydrogen (secondary N) is 1. The van der Waals surface area contributed by atoms with Gasteiger partial charge in [0.15, 0.2) is 0 Å². The minimum absolute atomic E-state index is 0.313. The SMILES string of the molecule is Cc1ccc(-c2csc3ncnc(NC[C@@](C)(O)c4cnn(C)c4)c23)cc1. The van der Waals surface area contributed by atoms with Crippen molar-refractivity contribution in [3.05, 3.63) is 59.5 Å². The molecule has 0 fully saturated rings. The number of anilines is 1. The van der Waals surface area contributed by atoms with E-state index < -0.39 is 5.60 Å². The van der Waals surface area contributed by atoms with Crippen molar-refractivity contribution in [2.24, 2.45) is 7.05 Å². The first-order valence-electron chi connectivity index (χ1n) is 8.69. The van der Waals surface area contributed by atoms with Crippen LogP contribution in [0.2, 0.25) is 0 Å². The summed E-state index contributed by atoms with van der Waals surface area (Å²) in [6.45, 7) is 4.16. The standard InChI is InChI=1S/C20H21N5OS/c1-13-4-6-14(7-5-13)16-10-27-19-17(16)18(22-12-23-19)21-11-20(2,26)15-8-24-25(3)9-15/h4-10,12,26H,11H2,1-3H3,(H,21,22,23)/t20-/m1/s1. The Balaban J connectivity index is 1.68. The highest BCUT2D eigenvalue weighted by molar-refractivity contribution is 7.17. The summed E-state index contributed by atoms with van der Waals surface area (Å²) in [5.41, 5.74) is 3.14. The smallest absolute Gasteiger partial charge is 0.138 e. The largest absolute Gasteiger partial charge is 0.383 e. The van der Waals surface area contributed by atoms with Gasteiger partial charge in [-0.1, -0.05) is 29.8 Å². The van der Waals surface area contributed by atoms with Gasteiger partial charge in [0.05, 0.1) is 11.6 Å². The molecular formula is C20H21N5OS. The molecule has 0 saturated heterocycles. The quantitative estimate of drug-likeness (QED) is 0.553. The van der Waals surface area contributed by atoms with E-state index in [2.05, 4.69) is 57.0 Å². The van der Waals surface area contributed by atoms with Gasteiger partial charge in [-0.25, -0.2) is 9.97 Å². The lowest BCUT2D eigenvalue weighted by Crippen LogP contribution is -2.30. The average Bonchev–Trinajstić information content (AvgIpc) is 3.28. The molecule has 2 N–H and O–H groups in total. The summed E-state index contributed by atoms with van der Waals surface area (Å²) in [5, 5.41) is 21.4. The zero-order valence-electron chi connectivity index (χ0n) is 15.5. The molecule has 0 saturated carbocycles. The van der Waals surface area contributed by atoms with Crippen LogP contribution in [-0.2, 0) is 12.6 Å². The van der Waals surface area contributed by atoms with Gasteiger partial charge in [-0.2, -0.15) is 5.10 Å².